The molecule has 0 aliphatic rings. The molecule has 38 heavy (non-hydrogen) atoms. The Morgan fingerprint density at radius 2 is 1.55 bits per heavy atom. The van der Waals surface area contributed by atoms with Crippen LogP contribution in [0.4, 0.5) is 0 Å². The number of carboxylic acid groups (broad SMARTS) is 1. The first-order chi connectivity index (χ1) is 17.9. The standard InChI is InChI=1S/C26H38N6O6/c1-14(2)9-20(30-23(34)19(27)10-16-5-7-18(33)8-6-16)24(35)32-22(15(3)4)25(36)31-21(26(37)38)11-17-12-28-13-29-17/h5-8,12-15,19-22,33H,9-11,27H2,1-4H3,(H,28,29)(H,30,34)(H,31,36)(H,32,35)(H,37,38). The predicted octanol–water partition coefficient (Wildman–Crippen LogP) is 0.469. The molecule has 4 unspecified atom stereocenters. The molecule has 0 aliphatic heterocycles. The molecule has 0 spiro atoms. The molecule has 12 nitrogen and oxygen atoms in total. The van der Waals surface area contributed by atoms with Crippen molar-refractivity contribution in [2.45, 2.75) is 71.1 Å². The van der Waals surface area contributed by atoms with Gasteiger partial charge in [-0.3, -0.25) is 14.4 Å². The number of hydrogen-bond acceptors (Lipinski definition) is 7. The van der Waals surface area contributed by atoms with Gasteiger partial charge in [0.2, 0.25) is 17.7 Å². The minimum absolute atomic E-state index is 0.00914. The van der Waals surface area contributed by atoms with Crippen molar-refractivity contribution in [2.75, 3.05) is 0 Å². The molecule has 2 aromatic rings. The van der Waals surface area contributed by atoms with Crippen molar-refractivity contribution in [3.8, 4) is 5.75 Å². The number of nitrogens with zero attached hydrogens (tertiary/aromatic N) is 1. The number of benzene rings is 1. The van der Waals surface area contributed by atoms with Crippen molar-refractivity contribution >= 4 is 23.7 Å². The Balaban J connectivity index is 2.08. The van der Waals surface area contributed by atoms with Crippen LogP contribution in [0, 0.1) is 11.8 Å². The summed E-state index contributed by atoms with van der Waals surface area (Å²) in [6.45, 7) is 7.22. The number of carbonyl (C=O) groups is 4. The number of aromatic hydroxyl groups is 1. The van der Waals surface area contributed by atoms with Crippen molar-refractivity contribution in [1.29, 1.82) is 0 Å². The van der Waals surface area contributed by atoms with E-state index in [0.717, 1.165) is 5.56 Å². The number of nitrogens with one attached hydrogen (secondary N) is 4. The summed E-state index contributed by atoms with van der Waals surface area (Å²) in [5.41, 5.74) is 7.35. The average molecular weight is 531 g/mol. The van der Waals surface area contributed by atoms with Crippen LogP contribution in [0.2, 0.25) is 0 Å². The van der Waals surface area contributed by atoms with Crippen LogP contribution in [-0.4, -0.2) is 68.0 Å². The summed E-state index contributed by atoms with van der Waals surface area (Å²) in [5, 5.41) is 26.9. The topological polar surface area (TPSA) is 200 Å². The number of nitrogens with two attached hydrogens (primary N) is 1. The van der Waals surface area contributed by atoms with E-state index in [2.05, 4.69) is 25.9 Å². The molecular formula is C26H38N6O6. The van der Waals surface area contributed by atoms with Gasteiger partial charge in [0.15, 0.2) is 0 Å². The largest absolute Gasteiger partial charge is 0.508 e. The predicted molar refractivity (Wildman–Crippen MR) is 140 cm³/mol. The molecule has 8 N–H and O–H groups in total. The second-order valence-electron chi connectivity index (χ2n) is 10.1. The number of H-pyrrole nitrogens is 1. The third kappa shape index (κ3) is 9.51. The summed E-state index contributed by atoms with van der Waals surface area (Å²) >= 11 is 0. The lowest BCUT2D eigenvalue weighted by Crippen LogP contribution is -2.59. The maximum absolute atomic E-state index is 13.2. The fourth-order valence-corrected chi connectivity index (χ4v) is 3.83. The zero-order valence-corrected chi connectivity index (χ0v) is 22.1. The van der Waals surface area contributed by atoms with Gasteiger partial charge in [0.05, 0.1) is 12.4 Å². The van der Waals surface area contributed by atoms with Gasteiger partial charge >= 0.3 is 5.97 Å². The van der Waals surface area contributed by atoms with Gasteiger partial charge in [-0.15, -0.1) is 0 Å². The van der Waals surface area contributed by atoms with Crippen LogP contribution in [0.5, 0.6) is 5.75 Å². The number of phenolic OH excluding ortho intramolecular Hbond substituents is 1. The molecule has 0 fully saturated rings. The second kappa shape index (κ2) is 14.1. The SMILES string of the molecule is CC(C)CC(NC(=O)C(N)Cc1ccc(O)cc1)C(=O)NC(C(=O)NC(Cc1cnc[nH]1)C(=O)O)C(C)C. The molecule has 4 atom stereocenters. The van der Waals surface area contributed by atoms with Gasteiger partial charge < -0.3 is 36.9 Å². The summed E-state index contributed by atoms with van der Waals surface area (Å²) in [5.74, 6) is -3.22. The Hall–Kier alpha value is -3.93. The van der Waals surface area contributed by atoms with Crippen LogP contribution in [0.25, 0.3) is 0 Å². The Morgan fingerprint density at radius 1 is 0.921 bits per heavy atom. The fourth-order valence-electron chi connectivity index (χ4n) is 3.83. The van der Waals surface area contributed by atoms with Crippen molar-refractivity contribution in [3.05, 3.63) is 48.0 Å². The monoisotopic (exact) mass is 530 g/mol. The van der Waals surface area contributed by atoms with E-state index in [1.165, 1.54) is 24.7 Å². The lowest BCUT2D eigenvalue weighted by atomic mass is 9.98. The van der Waals surface area contributed by atoms with Gasteiger partial charge in [0.1, 0.15) is 23.9 Å². The van der Waals surface area contributed by atoms with Gasteiger partial charge in [-0.05, 0) is 42.4 Å². The highest BCUT2D eigenvalue weighted by Gasteiger charge is 2.32. The fraction of sp³-hybridized carbons (Fsp3) is 0.500. The van der Waals surface area contributed by atoms with Gasteiger partial charge in [-0.1, -0.05) is 39.8 Å². The highest BCUT2D eigenvalue weighted by atomic mass is 16.4. The Morgan fingerprint density at radius 3 is 2.08 bits per heavy atom. The summed E-state index contributed by atoms with van der Waals surface area (Å²) in [6.07, 6.45) is 3.37. The highest BCUT2D eigenvalue weighted by Crippen LogP contribution is 2.12. The number of carboxylic acids is 1. The van der Waals surface area contributed by atoms with Crippen LogP contribution in [0.3, 0.4) is 0 Å². The number of amides is 3. The summed E-state index contributed by atoms with van der Waals surface area (Å²) in [6, 6.07) is 2.14. The highest BCUT2D eigenvalue weighted by molar-refractivity contribution is 5.94. The van der Waals surface area contributed by atoms with Gasteiger partial charge in [0, 0.05) is 18.3 Å². The van der Waals surface area contributed by atoms with Crippen molar-refractivity contribution in [2.24, 2.45) is 17.6 Å². The summed E-state index contributed by atoms with van der Waals surface area (Å²) in [4.78, 5) is 57.4. The molecule has 0 saturated heterocycles. The molecule has 0 radical (unpaired) electrons. The number of carbonyl (C=O) groups excluding carboxylic acids is 3. The number of aromatic nitrogens is 2. The number of aliphatic carboxylic acids is 1. The molecule has 12 heteroatoms. The minimum atomic E-state index is -1.23. The molecule has 3 amide bonds. The molecule has 1 heterocycles. The van der Waals surface area contributed by atoms with E-state index in [9.17, 15) is 29.4 Å². The molecule has 1 aromatic heterocycles. The first-order valence-corrected chi connectivity index (χ1v) is 12.5. The quantitative estimate of drug-likeness (QED) is 0.183. The smallest absolute Gasteiger partial charge is 0.326 e. The normalized spacial score (nSPS) is 14.4. The molecule has 0 aliphatic carbocycles. The van der Waals surface area contributed by atoms with Gasteiger partial charge in [-0.25, -0.2) is 9.78 Å². The van der Waals surface area contributed by atoms with Crippen LogP contribution in [0.15, 0.2) is 36.8 Å². The summed E-state index contributed by atoms with van der Waals surface area (Å²) in [7, 11) is 0. The third-order valence-electron chi connectivity index (χ3n) is 5.91. The molecule has 2 rings (SSSR count). The molecule has 0 saturated carbocycles. The maximum Gasteiger partial charge on any atom is 0.326 e. The minimum Gasteiger partial charge on any atom is -0.508 e. The maximum atomic E-state index is 13.2. The number of imidazole rings is 1. The van der Waals surface area contributed by atoms with E-state index in [0.29, 0.717) is 12.1 Å². The van der Waals surface area contributed by atoms with Crippen LogP contribution in [0.1, 0.15) is 45.4 Å². The second-order valence-corrected chi connectivity index (χ2v) is 10.1. The zero-order valence-electron chi connectivity index (χ0n) is 22.1. The van der Waals surface area contributed by atoms with Gasteiger partial charge in [-0.2, -0.15) is 0 Å². The van der Waals surface area contributed by atoms with Crippen molar-refractivity contribution < 1.29 is 29.4 Å². The molecule has 0 bridgehead atoms. The number of aromatic amines is 1. The summed E-state index contributed by atoms with van der Waals surface area (Å²) < 4.78 is 0. The van der Waals surface area contributed by atoms with Gasteiger partial charge in [0.25, 0.3) is 0 Å². The van der Waals surface area contributed by atoms with E-state index in [4.69, 9.17) is 5.73 Å². The lowest BCUT2D eigenvalue weighted by Gasteiger charge is -2.27. The number of phenols is 1. The van der Waals surface area contributed by atoms with Crippen LogP contribution in [-0.2, 0) is 32.0 Å². The number of hydrogen-bond donors (Lipinski definition) is 7. The molecule has 208 valence electrons. The van der Waals surface area contributed by atoms with E-state index >= 15 is 0 Å². The Bertz CT molecular complexity index is 1070. The van der Waals surface area contributed by atoms with E-state index in [-0.39, 0.29) is 30.4 Å². The van der Waals surface area contributed by atoms with Crippen LogP contribution >= 0.6 is 0 Å². The third-order valence-corrected chi connectivity index (χ3v) is 5.91. The van der Waals surface area contributed by atoms with Crippen LogP contribution < -0.4 is 21.7 Å². The average Bonchev–Trinajstić information content (AvgIpc) is 3.35. The number of rotatable bonds is 14. The molecule has 1 aromatic carbocycles. The zero-order chi connectivity index (χ0) is 28.4. The van der Waals surface area contributed by atoms with E-state index in [1.807, 2.05) is 13.8 Å². The lowest BCUT2D eigenvalue weighted by molar-refractivity contribution is -0.142. The van der Waals surface area contributed by atoms with Crippen molar-refractivity contribution in [1.82, 2.24) is 25.9 Å². The Kier molecular flexibility index (Phi) is 11.3. The Labute approximate surface area is 221 Å². The van der Waals surface area contributed by atoms with E-state index in [1.54, 1.807) is 26.0 Å². The first-order valence-electron chi connectivity index (χ1n) is 12.5. The first kappa shape index (κ1) is 30.3. The molecular weight excluding hydrogens is 492 g/mol. The van der Waals surface area contributed by atoms with E-state index < -0.39 is 47.9 Å². The van der Waals surface area contributed by atoms with Crippen molar-refractivity contribution in [3.63, 3.8) is 0 Å².